The van der Waals surface area contributed by atoms with Crippen LogP contribution in [0, 0.1) is 6.92 Å². The highest BCUT2D eigenvalue weighted by atomic mass is 16.5. The molecule has 0 aromatic heterocycles. The molecule has 0 N–H and O–H groups in total. The summed E-state index contributed by atoms with van der Waals surface area (Å²) in [6.45, 7) is 6.85. The maximum atomic E-state index is 11.5. The minimum atomic E-state index is -0.0828. The molecular formula is C26H26O3. The number of allylic oxidation sites excluding steroid dienone is 1. The van der Waals surface area contributed by atoms with Gasteiger partial charge in [-0.15, -0.1) is 0 Å². The van der Waals surface area contributed by atoms with E-state index in [4.69, 9.17) is 9.47 Å². The summed E-state index contributed by atoms with van der Waals surface area (Å²) in [5, 5.41) is 0. The smallest absolute Gasteiger partial charge is 0.185 e. The second kappa shape index (κ2) is 10.3. The zero-order valence-electron chi connectivity index (χ0n) is 16.8. The molecule has 29 heavy (non-hydrogen) atoms. The normalized spacial score (nSPS) is 10.4. The van der Waals surface area contributed by atoms with Crippen molar-refractivity contribution < 1.29 is 14.3 Å². The number of benzene rings is 3. The van der Waals surface area contributed by atoms with E-state index in [0.29, 0.717) is 18.8 Å². The molecule has 0 amide bonds. The molecule has 0 spiro atoms. The molecule has 0 aliphatic rings. The van der Waals surface area contributed by atoms with Crippen molar-refractivity contribution in [3.05, 3.63) is 96.6 Å². The highest BCUT2D eigenvalue weighted by molar-refractivity contribution is 6.04. The molecule has 0 bridgehead atoms. The van der Waals surface area contributed by atoms with E-state index in [0.717, 1.165) is 24.3 Å². The van der Waals surface area contributed by atoms with E-state index >= 15 is 0 Å². The van der Waals surface area contributed by atoms with Gasteiger partial charge in [0.2, 0.25) is 0 Å². The van der Waals surface area contributed by atoms with Gasteiger partial charge in [-0.05, 0) is 73.4 Å². The van der Waals surface area contributed by atoms with Gasteiger partial charge in [-0.2, -0.15) is 0 Å². The van der Waals surface area contributed by atoms with Crippen LogP contribution in [0.1, 0.15) is 28.8 Å². The Hall–Kier alpha value is -3.33. The molecule has 0 aliphatic heterocycles. The van der Waals surface area contributed by atoms with Crippen molar-refractivity contribution in [3.8, 4) is 22.6 Å². The number of rotatable bonds is 10. The first-order valence-electron chi connectivity index (χ1n) is 9.85. The lowest BCUT2D eigenvalue weighted by Gasteiger charge is -2.09. The molecule has 3 heteroatoms. The zero-order valence-corrected chi connectivity index (χ0v) is 16.8. The van der Waals surface area contributed by atoms with Gasteiger partial charge in [-0.1, -0.05) is 48.5 Å². The fourth-order valence-corrected chi connectivity index (χ4v) is 2.91. The Morgan fingerprint density at radius 3 is 1.69 bits per heavy atom. The minimum Gasteiger partial charge on any atom is -0.494 e. The standard InChI is InChI=1S/C26H26O3/c1-3-26(27)23-12-16-25(17-13-23)29-19-5-4-18-28-24-14-10-22(11-15-24)21-8-6-20(2)7-9-21/h3,6-17H,1,4-5,18-19H2,2H3. The SMILES string of the molecule is C=CC(=O)c1ccc(OCCCCOc2ccc(-c3ccc(C)cc3)cc2)cc1. The Balaban J connectivity index is 1.36. The third-order valence-corrected chi connectivity index (χ3v) is 4.64. The van der Waals surface area contributed by atoms with E-state index in [2.05, 4.69) is 49.9 Å². The third kappa shape index (κ3) is 6.08. The second-order valence-corrected chi connectivity index (χ2v) is 6.89. The van der Waals surface area contributed by atoms with Gasteiger partial charge < -0.3 is 9.47 Å². The molecule has 0 radical (unpaired) electrons. The quantitative estimate of drug-likeness (QED) is 0.234. The molecule has 0 fully saturated rings. The number of unbranched alkanes of at least 4 members (excludes halogenated alkanes) is 1. The number of hydrogen-bond donors (Lipinski definition) is 0. The van der Waals surface area contributed by atoms with Crippen LogP contribution in [-0.4, -0.2) is 19.0 Å². The monoisotopic (exact) mass is 386 g/mol. The fourth-order valence-electron chi connectivity index (χ4n) is 2.91. The number of aryl methyl sites for hydroxylation is 1. The van der Waals surface area contributed by atoms with Crippen LogP contribution in [0.25, 0.3) is 11.1 Å². The van der Waals surface area contributed by atoms with Crippen molar-refractivity contribution >= 4 is 5.78 Å². The van der Waals surface area contributed by atoms with Crippen molar-refractivity contribution in [2.45, 2.75) is 19.8 Å². The van der Waals surface area contributed by atoms with E-state index in [1.54, 1.807) is 12.1 Å². The molecular weight excluding hydrogens is 360 g/mol. The van der Waals surface area contributed by atoms with Crippen LogP contribution in [0.15, 0.2) is 85.5 Å². The first-order chi connectivity index (χ1) is 14.2. The van der Waals surface area contributed by atoms with Crippen molar-refractivity contribution in [1.29, 1.82) is 0 Å². The van der Waals surface area contributed by atoms with Gasteiger partial charge >= 0.3 is 0 Å². The Morgan fingerprint density at radius 1 is 0.759 bits per heavy atom. The number of ketones is 1. The summed E-state index contributed by atoms with van der Waals surface area (Å²) in [5.41, 5.74) is 4.28. The molecule has 148 valence electrons. The molecule has 3 nitrogen and oxygen atoms in total. The molecule has 3 aromatic rings. The average molecular weight is 386 g/mol. The summed E-state index contributed by atoms with van der Waals surface area (Å²) in [7, 11) is 0. The van der Waals surface area contributed by atoms with Crippen molar-refractivity contribution in [2.75, 3.05) is 13.2 Å². The molecule has 0 heterocycles. The number of carbonyl (C=O) groups excluding carboxylic acids is 1. The maximum Gasteiger partial charge on any atom is 0.185 e. The molecule has 0 aliphatic carbocycles. The van der Waals surface area contributed by atoms with Crippen LogP contribution in [0.5, 0.6) is 11.5 Å². The first-order valence-corrected chi connectivity index (χ1v) is 9.85. The topological polar surface area (TPSA) is 35.5 Å². The lowest BCUT2D eigenvalue weighted by Crippen LogP contribution is -2.03. The summed E-state index contributed by atoms with van der Waals surface area (Å²) in [6.07, 6.45) is 3.12. The number of carbonyl (C=O) groups is 1. The Morgan fingerprint density at radius 2 is 1.21 bits per heavy atom. The second-order valence-electron chi connectivity index (χ2n) is 6.89. The molecule has 0 saturated carbocycles. The van der Waals surface area contributed by atoms with Crippen LogP contribution in [0.4, 0.5) is 0 Å². The third-order valence-electron chi connectivity index (χ3n) is 4.64. The van der Waals surface area contributed by atoms with Gasteiger partial charge in [0.25, 0.3) is 0 Å². The Kier molecular flexibility index (Phi) is 7.23. The van der Waals surface area contributed by atoms with Gasteiger partial charge in [0.05, 0.1) is 13.2 Å². The molecule has 0 saturated heterocycles. The van der Waals surface area contributed by atoms with Gasteiger partial charge in [0.15, 0.2) is 5.78 Å². The predicted molar refractivity (Wildman–Crippen MR) is 118 cm³/mol. The molecule has 3 rings (SSSR count). The summed E-state index contributed by atoms with van der Waals surface area (Å²) >= 11 is 0. The van der Waals surface area contributed by atoms with E-state index in [1.807, 2.05) is 24.3 Å². The van der Waals surface area contributed by atoms with E-state index in [1.165, 1.54) is 22.8 Å². The van der Waals surface area contributed by atoms with Crippen molar-refractivity contribution in [2.24, 2.45) is 0 Å². The van der Waals surface area contributed by atoms with E-state index in [9.17, 15) is 4.79 Å². The molecule has 0 atom stereocenters. The average Bonchev–Trinajstić information content (AvgIpc) is 2.77. The van der Waals surface area contributed by atoms with E-state index in [-0.39, 0.29) is 5.78 Å². The lowest BCUT2D eigenvalue weighted by atomic mass is 10.0. The minimum absolute atomic E-state index is 0.0828. The largest absolute Gasteiger partial charge is 0.494 e. The predicted octanol–water partition coefficient (Wildman–Crippen LogP) is 6.27. The number of hydrogen-bond acceptors (Lipinski definition) is 3. The highest BCUT2D eigenvalue weighted by Gasteiger charge is 2.02. The van der Waals surface area contributed by atoms with Gasteiger partial charge in [0.1, 0.15) is 11.5 Å². The van der Waals surface area contributed by atoms with E-state index < -0.39 is 0 Å². The lowest BCUT2D eigenvalue weighted by molar-refractivity contribution is 0.104. The summed E-state index contributed by atoms with van der Waals surface area (Å²) in [4.78, 5) is 11.5. The molecule has 3 aromatic carbocycles. The molecule has 0 unspecified atom stereocenters. The zero-order chi connectivity index (χ0) is 20.5. The fraction of sp³-hybridized carbons (Fsp3) is 0.192. The van der Waals surface area contributed by atoms with Gasteiger partial charge in [-0.3, -0.25) is 4.79 Å². The van der Waals surface area contributed by atoms with Crippen LogP contribution >= 0.6 is 0 Å². The van der Waals surface area contributed by atoms with Crippen LogP contribution in [0.3, 0.4) is 0 Å². The van der Waals surface area contributed by atoms with Crippen molar-refractivity contribution in [3.63, 3.8) is 0 Å². The Labute approximate surface area is 172 Å². The van der Waals surface area contributed by atoms with Crippen LogP contribution < -0.4 is 9.47 Å². The summed E-state index contributed by atoms with van der Waals surface area (Å²) in [5.74, 6) is 1.56. The summed E-state index contributed by atoms with van der Waals surface area (Å²) in [6, 6.07) is 23.8. The van der Waals surface area contributed by atoms with Crippen LogP contribution in [0.2, 0.25) is 0 Å². The van der Waals surface area contributed by atoms with Crippen molar-refractivity contribution in [1.82, 2.24) is 0 Å². The van der Waals surface area contributed by atoms with Crippen LogP contribution in [-0.2, 0) is 0 Å². The number of ether oxygens (including phenoxy) is 2. The highest BCUT2D eigenvalue weighted by Crippen LogP contribution is 2.23. The first kappa shape index (κ1) is 20.4. The maximum absolute atomic E-state index is 11.5. The Bertz CT molecular complexity index is 923. The van der Waals surface area contributed by atoms with Gasteiger partial charge in [-0.25, -0.2) is 0 Å². The van der Waals surface area contributed by atoms with Gasteiger partial charge in [0, 0.05) is 5.56 Å². The summed E-state index contributed by atoms with van der Waals surface area (Å²) < 4.78 is 11.5.